The summed E-state index contributed by atoms with van der Waals surface area (Å²) >= 11 is 0.838. The fourth-order valence-electron chi connectivity index (χ4n) is 1.50. The monoisotopic (exact) mass is 248 g/mol. The first-order valence-corrected chi connectivity index (χ1v) is 6.01. The Hall–Kier alpha value is -1.88. The highest BCUT2D eigenvalue weighted by molar-refractivity contribution is 8.12. The van der Waals surface area contributed by atoms with Crippen LogP contribution in [0.15, 0.2) is 36.1 Å². The topological polar surface area (TPSA) is 60.4 Å². The number of ether oxygens (including phenoxy) is 1. The maximum atomic E-state index is 11.9. The normalized spacial score (nSPS) is 14.1. The third kappa shape index (κ3) is 2.14. The third-order valence-electron chi connectivity index (χ3n) is 2.28. The molecule has 1 aromatic carbocycles. The molecule has 1 aliphatic carbocycles. The molecular formula is C12H8O4S. The van der Waals surface area contributed by atoms with Crippen molar-refractivity contribution in [1.82, 2.24) is 0 Å². The average Bonchev–Trinajstić information content (AvgIpc) is 2.35. The van der Waals surface area contributed by atoms with Crippen molar-refractivity contribution in [3.63, 3.8) is 0 Å². The van der Waals surface area contributed by atoms with Crippen LogP contribution >= 0.6 is 11.8 Å². The van der Waals surface area contributed by atoms with Crippen molar-refractivity contribution in [3.8, 4) is 0 Å². The maximum absolute atomic E-state index is 11.9. The Balaban J connectivity index is 2.38. The van der Waals surface area contributed by atoms with E-state index in [0.717, 1.165) is 17.8 Å². The molecule has 0 unspecified atom stereocenters. The van der Waals surface area contributed by atoms with E-state index in [0.29, 0.717) is 5.56 Å². The van der Waals surface area contributed by atoms with Gasteiger partial charge in [-0.05, 0) is 18.0 Å². The Bertz CT molecular complexity index is 545. The minimum absolute atomic E-state index is 0.215. The molecule has 0 atom stereocenters. The van der Waals surface area contributed by atoms with Crippen molar-refractivity contribution in [2.24, 2.45) is 0 Å². The van der Waals surface area contributed by atoms with E-state index in [1.165, 1.54) is 12.3 Å². The molecule has 1 aliphatic rings. The van der Waals surface area contributed by atoms with Gasteiger partial charge in [-0.2, -0.15) is 0 Å². The van der Waals surface area contributed by atoms with Gasteiger partial charge in [-0.3, -0.25) is 9.59 Å². The lowest BCUT2D eigenvalue weighted by molar-refractivity contribution is 0.0928. The van der Waals surface area contributed by atoms with Crippen LogP contribution in [0.2, 0.25) is 0 Å². The van der Waals surface area contributed by atoms with Gasteiger partial charge in [0, 0.05) is 17.2 Å². The second kappa shape index (κ2) is 4.55. The van der Waals surface area contributed by atoms with Gasteiger partial charge in [-0.25, -0.2) is 4.79 Å². The minimum atomic E-state index is -0.614. The van der Waals surface area contributed by atoms with E-state index in [2.05, 4.69) is 0 Å². The van der Waals surface area contributed by atoms with Crippen LogP contribution in [0, 0.1) is 0 Å². The first-order chi connectivity index (χ1) is 8.13. The highest BCUT2D eigenvalue weighted by Crippen LogP contribution is 2.22. The molecular weight excluding hydrogens is 240 g/mol. The average molecular weight is 248 g/mol. The summed E-state index contributed by atoms with van der Waals surface area (Å²) in [5.74, 6) is -0.986. The number of Topliss-reactive ketones (excluding diaryl/α,β-unsaturated/α-hetero) is 1. The summed E-state index contributed by atoms with van der Waals surface area (Å²) in [6, 6.07) is 6.44. The number of hydrogen-bond donors (Lipinski definition) is 0. The van der Waals surface area contributed by atoms with Crippen molar-refractivity contribution in [2.45, 2.75) is 0 Å². The standard InChI is InChI=1S/C12H8O4S/c1-17-12(15)16-10-6-9(13)7-4-2-3-5-8(7)11(10)14/h2-6H,1H3. The first-order valence-electron chi connectivity index (χ1n) is 4.79. The number of rotatable bonds is 1. The fourth-order valence-corrected chi connectivity index (χ4v) is 1.67. The SMILES string of the molecule is CSC(=O)OC1=CC(=O)c2ccccc2C1=O. The summed E-state index contributed by atoms with van der Waals surface area (Å²) in [6.45, 7) is 0. The summed E-state index contributed by atoms with van der Waals surface area (Å²) < 4.78 is 4.79. The van der Waals surface area contributed by atoms with E-state index in [1.54, 1.807) is 18.2 Å². The van der Waals surface area contributed by atoms with Gasteiger partial charge >= 0.3 is 5.30 Å². The molecule has 17 heavy (non-hydrogen) atoms. The molecule has 0 aromatic heterocycles. The largest absolute Gasteiger partial charge is 0.414 e. The number of carbonyl (C=O) groups excluding carboxylic acids is 3. The van der Waals surface area contributed by atoms with Gasteiger partial charge in [0.05, 0.1) is 0 Å². The van der Waals surface area contributed by atoms with Crippen LogP contribution in [0.5, 0.6) is 0 Å². The van der Waals surface area contributed by atoms with E-state index in [4.69, 9.17) is 4.74 Å². The molecule has 5 heteroatoms. The number of ketones is 2. The summed E-state index contributed by atoms with van der Waals surface area (Å²) in [4.78, 5) is 34.7. The molecule has 0 saturated carbocycles. The highest BCUT2D eigenvalue weighted by Gasteiger charge is 2.27. The predicted octanol–water partition coefficient (Wildman–Crippen LogP) is 2.45. The number of fused-ring (bicyclic) bond motifs is 1. The van der Waals surface area contributed by atoms with E-state index in [1.807, 2.05) is 0 Å². The van der Waals surface area contributed by atoms with Crippen molar-refractivity contribution in [3.05, 3.63) is 47.2 Å². The van der Waals surface area contributed by atoms with E-state index < -0.39 is 11.1 Å². The lowest BCUT2D eigenvalue weighted by atomic mass is 9.94. The van der Waals surface area contributed by atoms with Gasteiger partial charge in [0.15, 0.2) is 11.5 Å². The second-order valence-corrected chi connectivity index (χ2v) is 4.05. The van der Waals surface area contributed by atoms with Gasteiger partial charge < -0.3 is 4.74 Å². The molecule has 0 amide bonds. The zero-order chi connectivity index (χ0) is 12.4. The predicted molar refractivity (Wildman–Crippen MR) is 63.2 cm³/mol. The van der Waals surface area contributed by atoms with Gasteiger partial charge in [0.1, 0.15) is 0 Å². The molecule has 0 heterocycles. The lowest BCUT2D eigenvalue weighted by Crippen LogP contribution is -2.19. The summed E-state index contributed by atoms with van der Waals surface area (Å²) in [5, 5.41) is -0.614. The number of carbonyl (C=O) groups is 3. The van der Waals surface area contributed by atoms with Gasteiger partial charge in [-0.1, -0.05) is 24.3 Å². The first kappa shape index (κ1) is 11.6. The molecule has 1 aromatic rings. The molecule has 0 saturated heterocycles. The van der Waals surface area contributed by atoms with Crippen LogP contribution in [0.1, 0.15) is 20.7 Å². The Morgan fingerprint density at radius 2 is 1.82 bits per heavy atom. The van der Waals surface area contributed by atoms with Crippen LogP contribution in [0.3, 0.4) is 0 Å². The molecule has 0 radical (unpaired) electrons. The Morgan fingerprint density at radius 1 is 1.18 bits per heavy atom. The van der Waals surface area contributed by atoms with Crippen LogP contribution in [0.25, 0.3) is 0 Å². The molecule has 2 rings (SSSR count). The quantitative estimate of drug-likeness (QED) is 0.714. The molecule has 0 aliphatic heterocycles. The Kier molecular flexibility index (Phi) is 3.10. The maximum Gasteiger partial charge on any atom is 0.372 e. The van der Waals surface area contributed by atoms with Gasteiger partial charge in [-0.15, -0.1) is 0 Å². The third-order valence-corrected chi connectivity index (χ3v) is 2.70. The number of allylic oxidation sites excluding steroid dienone is 2. The Morgan fingerprint density at radius 3 is 2.47 bits per heavy atom. The van der Waals surface area contributed by atoms with Crippen LogP contribution in [-0.2, 0) is 4.74 Å². The summed E-state index contributed by atoms with van der Waals surface area (Å²) in [7, 11) is 0. The van der Waals surface area contributed by atoms with Crippen LogP contribution in [0.4, 0.5) is 4.79 Å². The lowest BCUT2D eigenvalue weighted by Gasteiger charge is -2.13. The van der Waals surface area contributed by atoms with Crippen LogP contribution < -0.4 is 0 Å². The van der Waals surface area contributed by atoms with E-state index >= 15 is 0 Å². The molecule has 86 valence electrons. The van der Waals surface area contributed by atoms with Crippen molar-refractivity contribution in [2.75, 3.05) is 6.26 Å². The summed E-state index contributed by atoms with van der Waals surface area (Å²) in [5.41, 5.74) is 0.602. The number of thioether (sulfide) groups is 1. The molecule has 0 N–H and O–H groups in total. The molecule has 0 bridgehead atoms. The molecule has 4 nitrogen and oxygen atoms in total. The van der Waals surface area contributed by atoms with Crippen molar-refractivity contribution < 1.29 is 19.1 Å². The molecule has 0 fully saturated rings. The minimum Gasteiger partial charge on any atom is -0.414 e. The highest BCUT2D eigenvalue weighted by atomic mass is 32.2. The van der Waals surface area contributed by atoms with Crippen LogP contribution in [-0.4, -0.2) is 23.1 Å². The van der Waals surface area contributed by atoms with E-state index in [-0.39, 0.29) is 17.1 Å². The van der Waals surface area contributed by atoms with E-state index in [9.17, 15) is 14.4 Å². The smallest absolute Gasteiger partial charge is 0.372 e. The zero-order valence-corrected chi connectivity index (χ0v) is 9.74. The number of hydrogen-bond acceptors (Lipinski definition) is 5. The second-order valence-electron chi connectivity index (χ2n) is 3.30. The van der Waals surface area contributed by atoms with Gasteiger partial charge in [0.25, 0.3) is 0 Å². The van der Waals surface area contributed by atoms with Gasteiger partial charge in [0.2, 0.25) is 5.78 Å². The molecule has 0 spiro atoms. The number of benzene rings is 1. The zero-order valence-electron chi connectivity index (χ0n) is 8.93. The Labute approximate surface area is 102 Å². The van der Waals surface area contributed by atoms with Crippen molar-refractivity contribution in [1.29, 1.82) is 0 Å². The van der Waals surface area contributed by atoms with Crippen molar-refractivity contribution >= 4 is 28.6 Å². The fraction of sp³-hybridized carbons (Fsp3) is 0.0833. The summed E-state index contributed by atoms with van der Waals surface area (Å²) in [6.07, 6.45) is 2.59.